The van der Waals surface area contributed by atoms with Crippen molar-refractivity contribution in [3.8, 4) is 5.75 Å². The van der Waals surface area contributed by atoms with Crippen LogP contribution in [-0.4, -0.2) is 50.9 Å². The molecule has 0 spiro atoms. The second-order valence-electron chi connectivity index (χ2n) is 5.94. The lowest BCUT2D eigenvalue weighted by Gasteiger charge is -2.37. The normalized spacial score (nSPS) is 17.9. The SMILES string of the molecule is COc1ccc(CNCC(C(C)C)N2CCOCC2)cc1. The molecule has 1 N–H and O–H groups in total. The van der Waals surface area contributed by atoms with E-state index in [1.165, 1.54) is 5.56 Å². The van der Waals surface area contributed by atoms with Gasteiger partial charge in [-0.05, 0) is 23.6 Å². The third-order valence-electron chi connectivity index (χ3n) is 4.13. The molecule has 0 aromatic heterocycles. The molecule has 0 amide bonds. The number of methoxy groups -OCH3 is 1. The van der Waals surface area contributed by atoms with Crippen LogP contribution in [0.2, 0.25) is 0 Å². The van der Waals surface area contributed by atoms with Gasteiger partial charge < -0.3 is 14.8 Å². The Labute approximate surface area is 128 Å². The van der Waals surface area contributed by atoms with Crippen molar-refractivity contribution >= 4 is 0 Å². The molecule has 0 aliphatic carbocycles. The maximum Gasteiger partial charge on any atom is 0.118 e. The molecule has 1 atom stereocenters. The molecule has 1 saturated heterocycles. The molecule has 0 saturated carbocycles. The summed E-state index contributed by atoms with van der Waals surface area (Å²) in [5, 5.41) is 3.59. The van der Waals surface area contributed by atoms with Crippen LogP contribution in [0.4, 0.5) is 0 Å². The fourth-order valence-electron chi connectivity index (χ4n) is 2.80. The van der Waals surface area contributed by atoms with Crippen LogP contribution in [0.3, 0.4) is 0 Å². The molecule has 1 aliphatic heterocycles. The van der Waals surface area contributed by atoms with Crippen molar-refractivity contribution in [3.63, 3.8) is 0 Å². The smallest absolute Gasteiger partial charge is 0.118 e. The molecule has 118 valence electrons. The van der Waals surface area contributed by atoms with Crippen LogP contribution in [0.25, 0.3) is 0 Å². The predicted molar refractivity (Wildman–Crippen MR) is 85.7 cm³/mol. The number of nitrogens with zero attached hydrogens (tertiary/aromatic N) is 1. The maximum atomic E-state index is 5.45. The number of nitrogens with one attached hydrogen (secondary N) is 1. The van der Waals surface area contributed by atoms with Gasteiger partial charge in [-0.15, -0.1) is 0 Å². The lowest BCUT2D eigenvalue weighted by atomic mass is 10.0. The summed E-state index contributed by atoms with van der Waals surface area (Å²) in [6, 6.07) is 8.83. The number of hydrogen-bond donors (Lipinski definition) is 1. The maximum absolute atomic E-state index is 5.45. The molecule has 1 aromatic rings. The van der Waals surface area contributed by atoms with Crippen LogP contribution in [-0.2, 0) is 11.3 Å². The molecule has 0 radical (unpaired) electrons. The summed E-state index contributed by atoms with van der Waals surface area (Å²) in [6.07, 6.45) is 0. The van der Waals surface area contributed by atoms with Crippen LogP contribution in [0, 0.1) is 5.92 Å². The summed E-state index contributed by atoms with van der Waals surface area (Å²) in [6.45, 7) is 10.3. The minimum absolute atomic E-state index is 0.576. The third-order valence-corrected chi connectivity index (χ3v) is 4.13. The second-order valence-corrected chi connectivity index (χ2v) is 5.94. The van der Waals surface area contributed by atoms with Crippen molar-refractivity contribution in [1.29, 1.82) is 0 Å². The molecular formula is C17H28N2O2. The lowest BCUT2D eigenvalue weighted by molar-refractivity contribution is 0.00648. The molecule has 2 rings (SSSR count). The minimum atomic E-state index is 0.576. The van der Waals surface area contributed by atoms with E-state index >= 15 is 0 Å². The van der Waals surface area contributed by atoms with Gasteiger partial charge in [-0.2, -0.15) is 0 Å². The van der Waals surface area contributed by atoms with E-state index in [0.717, 1.165) is 45.1 Å². The van der Waals surface area contributed by atoms with Crippen LogP contribution in [0.15, 0.2) is 24.3 Å². The molecule has 1 heterocycles. The van der Waals surface area contributed by atoms with Crippen molar-refractivity contribution in [2.45, 2.75) is 26.4 Å². The van der Waals surface area contributed by atoms with Gasteiger partial charge in [0.2, 0.25) is 0 Å². The summed E-state index contributed by atoms with van der Waals surface area (Å²) >= 11 is 0. The van der Waals surface area contributed by atoms with Gasteiger partial charge >= 0.3 is 0 Å². The number of rotatable bonds is 7. The fraction of sp³-hybridized carbons (Fsp3) is 0.647. The first-order valence-electron chi connectivity index (χ1n) is 7.86. The van der Waals surface area contributed by atoms with Gasteiger partial charge in [-0.25, -0.2) is 0 Å². The Morgan fingerprint density at radius 2 is 1.86 bits per heavy atom. The van der Waals surface area contributed by atoms with Gasteiger partial charge in [0, 0.05) is 32.2 Å². The topological polar surface area (TPSA) is 33.7 Å². The van der Waals surface area contributed by atoms with E-state index in [2.05, 4.69) is 36.2 Å². The van der Waals surface area contributed by atoms with Crippen molar-refractivity contribution in [2.75, 3.05) is 40.0 Å². The van der Waals surface area contributed by atoms with Gasteiger partial charge in [0.25, 0.3) is 0 Å². The van der Waals surface area contributed by atoms with Crippen LogP contribution in [0.5, 0.6) is 5.75 Å². The molecule has 1 aliphatic rings. The highest BCUT2D eigenvalue weighted by molar-refractivity contribution is 5.26. The third kappa shape index (κ3) is 4.99. The highest BCUT2D eigenvalue weighted by Gasteiger charge is 2.23. The molecular weight excluding hydrogens is 264 g/mol. The van der Waals surface area contributed by atoms with Crippen molar-refractivity contribution in [1.82, 2.24) is 10.2 Å². The molecule has 4 nitrogen and oxygen atoms in total. The molecule has 1 fully saturated rings. The highest BCUT2D eigenvalue weighted by atomic mass is 16.5. The van der Waals surface area contributed by atoms with E-state index in [1.54, 1.807) is 7.11 Å². The van der Waals surface area contributed by atoms with E-state index in [-0.39, 0.29) is 0 Å². The summed E-state index contributed by atoms with van der Waals surface area (Å²) in [5.74, 6) is 1.55. The number of morpholine rings is 1. The van der Waals surface area contributed by atoms with E-state index in [1.807, 2.05) is 12.1 Å². The largest absolute Gasteiger partial charge is 0.497 e. The van der Waals surface area contributed by atoms with E-state index in [4.69, 9.17) is 9.47 Å². The number of benzene rings is 1. The highest BCUT2D eigenvalue weighted by Crippen LogP contribution is 2.13. The zero-order valence-corrected chi connectivity index (χ0v) is 13.5. The first kappa shape index (κ1) is 16.3. The van der Waals surface area contributed by atoms with Crippen LogP contribution in [0.1, 0.15) is 19.4 Å². The standard InChI is InChI=1S/C17H28N2O2/c1-14(2)17(19-8-10-21-11-9-19)13-18-12-15-4-6-16(20-3)7-5-15/h4-7,14,17-18H,8-13H2,1-3H3. The first-order chi connectivity index (χ1) is 10.2. The Balaban J connectivity index is 1.80. The van der Waals surface area contributed by atoms with E-state index in [9.17, 15) is 0 Å². The van der Waals surface area contributed by atoms with Crippen molar-refractivity contribution < 1.29 is 9.47 Å². The zero-order valence-electron chi connectivity index (χ0n) is 13.5. The lowest BCUT2D eigenvalue weighted by Crippen LogP contribution is -2.50. The van der Waals surface area contributed by atoms with Gasteiger partial charge in [-0.1, -0.05) is 26.0 Å². The molecule has 21 heavy (non-hydrogen) atoms. The summed E-state index contributed by atoms with van der Waals surface area (Å²) in [4.78, 5) is 2.55. The van der Waals surface area contributed by atoms with Crippen LogP contribution < -0.4 is 10.1 Å². The number of hydrogen-bond acceptors (Lipinski definition) is 4. The van der Waals surface area contributed by atoms with Gasteiger partial charge in [0.15, 0.2) is 0 Å². The molecule has 4 heteroatoms. The van der Waals surface area contributed by atoms with E-state index in [0.29, 0.717) is 12.0 Å². The Morgan fingerprint density at radius 3 is 2.43 bits per heavy atom. The summed E-state index contributed by atoms with van der Waals surface area (Å²) in [5.41, 5.74) is 1.29. The fourth-order valence-corrected chi connectivity index (χ4v) is 2.80. The average molecular weight is 292 g/mol. The van der Waals surface area contributed by atoms with Crippen molar-refractivity contribution in [2.24, 2.45) is 5.92 Å². The Bertz CT molecular complexity index is 400. The van der Waals surface area contributed by atoms with Gasteiger partial charge in [0.1, 0.15) is 5.75 Å². The van der Waals surface area contributed by atoms with Crippen molar-refractivity contribution in [3.05, 3.63) is 29.8 Å². The van der Waals surface area contributed by atoms with Gasteiger partial charge in [-0.3, -0.25) is 4.90 Å². The Kier molecular flexibility index (Phi) is 6.49. The molecule has 1 aromatic carbocycles. The molecule has 0 bridgehead atoms. The van der Waals surface area contributed by atoms with Crippen LogP contribution >= 0.6 is 0 Å². The second kappa shape index (κ2) is 8.37. The number of ether oxygens (including phenoxy) is 2. The molecule has 1 unspecified atom stereocenters. The first-order valence-corrected chi connectivity index (χ1v) is 7.86. The zero-order chi connectivity index (χ0) is 15.1. The quantitative estimate of drug-likeness (QED) is 0.835. The van der Waals surface area contributed by atoms with E-state index < -0.39 is 0 Å². The monoisotopic (exact) mass is 292 g/mol. The predicted octanol–water partition coefficient (Wildman–Crippen LogP) is 2.14. The summed E-state index contributed by atoms with van der Waals surface area (Å²) < 4.78 is 10.6. The summed E-state index contributed by atoms with van der Waals surface area (Å²) in [7, 11) is 1.70. The minimum Gasteiger partial charge on any atom is -0.497 e. The average Bonchev–Trinajstić information content (AvgIpc) is 2.52. The Hall–Kier alpha value is -1.10. The van der Waals surface area contributed by atoms with Gasteiger partial charge in [0.05, 0.1) is 20.3 Å². The Morgan fingerprint density at radius 1 is 1.19 bits per heavy atom.